The molecule has 0 aromatic carbocycles. The van der Waals surface area contributed by atoms with Crippen LogP contribution in [0.1, 0.15) is 12.6 Å². The number of nitrogens with one attached hydrogen (secondary N) is 1. The van der Waals surface area contributed by atoms with Gasteiger partial charge in [-0.3, -0.25) is 4.98 Å². The highest BCUT2D eigenvalue weighted by molar-refractivity contribution is 5.42. The van der Waals surface area contributed by atoms with Gasteiger partial charge in [-0.25, -0.2) is 4.98 Å². The molecule has 2 rings (SSSR count). The molecule has 0 aliphatic carbocycles. The molecular weight excluding hydrogens is 214 g/mol. The lowest BCUT2D eigenvalue weighted by Crippen LogP contribution is -2.02. The van der Waals surface area contributed by atoms with E-state index in [0.29, 0.717) is 19.0 Å². The average Bonchev–Trinajstić information content (AvgIpc) is 2.40. The monoisotopic (exact) mass is 229 g/mol. The number of hydrogen-bond donors (Lipinski definition) is 1. The topological polar surface area (TPSA) is 47.0 Å². The quantitative estimate of drug-likeness (QED) is 0.855. The van der Waals surface area contributed by atoms with Crippen molar-refractivity contribution in [2.45, 2.75) is 13.5 Å². The van der Waals surface area contributed by atoms with Crippen LogP contribution in [0.4, 0.5) is 5.69 Å². The van der Waals surface area contributed by atoms with Gasteiger partial charge >= 0.3 is 0 Å². The summed E-state index contributed by atoms with van der Waals surface area (Å²) in [5.41, 5.74) is 1.96. The maximum absolute atomic E-state index is 5.27. The van der Waals surface area contributed by atoms with E-state index in [2.05, 4.69) is 15.3 Å². The number of ether oxygens (including phenoxy) is 1. The summed E-state index contributed by atoms with van der Waals surface area (Å²) < 4.78 is 5.27. The smallest absolute Gasteiger partial charge is 0.213 e. The van der Waals surface area contributed by atoms with Crippen molar-refractivity contribution in [3.05, 3.63) is 48.4 Å². The van der Waals surface area contributed by atoms with Gasteiger partial charge in [0.25, 0.3) is 0 Å². The van der Waals surface area contributed by atoms with E-state index < -0.39 is 0 Å². The summed E-state index contributed by atoms with van der Waals surface area (Å²) >= 11 is 0. The van der Waals surface area contributed by atoms with Crippen molar-refractivity contribution < 1.29 is 4.74 Å². The molecule has 4 heteroatoms. The molecule has 0 amide bonds. The van der Waals surface area contributed by atoms with Crippen LogP contribution in [-0.4, -0.2) is 16.6 Å². The molecule has 2 aromatic heterocycles. The average molecular weight is 229 g/mol. The summed E-state index contributed by atoms with van der Waals surface area (Å²) in [6.07, 6.45) is 3.54. The Hall–Kier alpha value is -2.10. The van der Waals surface area contributed by atoms with Crippen LogP contribution in [0.15, 0.2) is 42.7 Å². The van der Waals surface area contributed by atoms with Crippen LogP contribution >= 0.6 is 0 Å². The maximum atomic E-state index is 5.27. The fourth-order valence-corrected chi connectivity index (χ4v) is 1.41. The van der Waals surface area contributed by atoms with Gasteiger partial charge in [-0.15, -0.1) is 0 Å². The number of rotatable bonds is 5. The van der Waals surface area contributed by atoms with E-state index in [1.165, 1.54) is 0 Å². The van der Waals surface area contributed by atoms with E-state index in [0.717, 1.165) is 11.4 Å². The molecule has 0 atom stereocenters. The Balaban J connectivity index is 1.91. The van der Waals surface area contributed by atoms with Gasteiger partial charge in [0.05, 0.1) is 30.7 Å². The lowest BCUT2D eigenvalue weighted by molar-refractivity contribution is 0.327. The molecule has 0 spiro atoms. The molecule has 2 heterocycles. The van der Waals surface area contributed by atoms with Crippen molar-refractivity contribution in [2.75, 3.05) is 11.9 Å². The molecule has 1 N–H and O–H groups in total. The zero-order valence-corrected chi connectivity index (χ0v) is 9.76. The van der Waals surface area contributed by atoms with Crippen molar-refractivity contribution in [3.8, 4) is 5.88 Å². The molecule has 2 aromatic rings. The van der Waals surface area contributed by atoms with Gasteiger partial charge in [0.2, 0.25) is 5.88 Å². The maximum Gasteiger partial charge on any atom is 0.213 e. The van der Waals surface area contributed by atoms with Gasteiger partial charge in [0.1, 0.15) is 0 Å². The third kappa shape index (κ3) is 3.45. The highest BCUT2D eigenvalue weighted by Crippen LogP contribution is 2.12. The molecule has 0 bridgehead atoms. The molecule has 4 nitrogen and oxygen atoms in total. The van der Waals surface area contributed by atoms with Crippen LogP contribution in [0.2, 0.25) is 0 Å². The van der Waals surface area contributed by atoms with Crippen molar-refractivity contribution in [2.24, 2.45) is 0 Å². The Morgan fingerprint density at radius 3 is 2.76 bits per heavy atom. The van der Waals surface area contributed by atoms with Crippen LogP contribution in [-0.2, 0) is 6.54 Å². The lowest BCUT2D eigenvalue weighted by atomic mass is 10.3. The van der Waals surface area contributed by atoms with Gasteiger partial charge in [-0.2, -0.15) is 0 Å². The van der Waals surface area contributed by atoms with Crippen LogP contribution in [0.5, 0.6) is 5.88 Å². The van der Waals surface area contributed by atoms with Crippen molar-refractivity contribution >= 4 is 5.69 Å². The highest BCUT2D eigenvalue weighted by Gasteiger charge is 1.96. The minimum Gasteiger partial charge on any atom is -0.478 e. The van der Waals surface area contributed by atoms with Crippen molar-refractivity contribution in [1.82, 2.24) is 9.97 Å². The molecule has 0 unspecified atom stereocenters. The Bertz CT molecular complexity index is 442. The second-order valence-electron chi connectivity index (χ2n) is 3.49. The minimum absolute atomic E-state index is 0.633. The molecule has 17 heavy (non-hydrogen) atoms. The SMILES string of the molecule is CCOc1ccc(NCc2ccccn2)cn1. The normalized spacial score (nSPS) is 9.94. The Morgan fingerprint density at radius 2 is 2.12 bits per heavy atom. The summed E-state index contributed by atoms with van der Waals surface area (Å²) in [7, 11) is 0. The molecule has 0 saturated carbocycles. The molecule has 88 valence electrons. The molecule has 0 aliphatic heterocycles. The fourth-order valence-electron chi connectivity index (χ4n) is 1.41. The molecule has 0 fully saturated rings. The summed E-state index contributed by atoms with van der Waals surface area (Å²) in [5, 5.41) is 3.25. The van der Waals surface area contributed by atoms with E-state index in [1.807, 2.05) is 37.3 Å². The van der Waals surface area contributed by atoms with E-state index in [9.17, 15) is 0 Å². The van der Waals surface area contributed by atoms with Crippen LogP contribution in [0.3, 0.4) is 0 Å². The number of anilines is 1. The molecule has 0 radical (unpaired) electrons. The van der Waals surface area contributed by atoms with Gasteiger partial charge < -0.3 is 10.1 Å². The standard InChI is InChI=1S/C13H15N3O/c1-2-17-13-7-6-12(10-16-13)15-9-11-5-3-4-8-14-11/h3-8,10,15H,2,9H2,1H3. The van der Waals surface area contributed by atoms with Crippen LogP contribution < -0.4 is 10.1 Å². The Kier molecular flexibility index (Phi) is 3.91. The van der Waals surface area contributed by atoms with E-state index in [-0.39, 0.29) is 0 Å². The number of nitrogens with zero attached hydrogens (tertiary/aromatic N) is 2. The Morgan fingerprint density at radius 1 is 1.18 bits per heavy atom. The first kappa shape index (κ1) is 11.4. The van der Waals surface area contributed by atoms with Gasteiger partial charge in [-0.1, -0.05) is 6.07 Å². The summed E-state index contributed by atoms with van der Waals surface area (Å²) in [6, 6.07) is 9.66. The molecular formula is C13H15N3O. The molecule has 0 aliphatic rings. The van der Waals surface area contributed by atoms with Gasteiger partial charge in [0.15, 0.2) is 0 Å². The second kappa shape index (κ2) is 5.84. The zero-order chi connectivity index (χ0) is 11.9. The van der Waals surface area contributed by atoms with Gasteiger partial charge in [0, 0.05) is 12.3 Å². The largest absolute Gasteiger partial charge is 0.478 e. The van der Waals surface area contributed by atoms with E-state index in [4.69, 9.17) is 4.74 Å². The Labute approximate surface area is 101 Å². The summed E-state index contributed by atoms with van der Waals surface area (Å²) in [5.74, 6) is 0.649. The van der Waals surface area contributed by atoms with Crippen LogP contribution in [0.25, 0.3) is 0 Å². The summed E-state index contributed by atoms with van der Waals surface area (Å²) in [4.78, 5) is 8.41. The predicted octanol–water partition coefficient (Wildman–Crippen LogP) is 2.49. The second-order valence-corrected chi connectivity index (χ2v) is 3.49. The van der Waals surface area contributed by atoms with Crippen molar-refractivity contribution in [3.63, 3.8) is 0 Å². The third-order valence-corrected chi connectivity index (χ3v) is 2.23. The van der Waals surface area contributed by atoms with Gasteiger partial charge in [-0.05, 0) is 25.1 Å². The zero-order valence-electron chi connectivity index (χ0n) is 9.76. The minimum atomic E-state index is 0.633. The fraction of sp³-hybridized carbons (Fsp3) is 0.231. The number of hydrogen-bond acceptors (Lipinski definition) is 4. The molecule has 0 saturated heterocycles. The first-order chi connectivity index (χ1) is 8.38. The van der Waals surface area contributed by atoms with Crippen molar-refractivity contribution in [1.29, 1.82) is 0 Å². The lowest BCUT2D eigenvalue weighted by Gasteiger charge is -2.06. The first-order valence-corrected chi connectivity index (χ1v) is 5.61. The number of aromatic nitrogens is 2. The van der Waals surface area contributed by atoms with Crippen LogP contribution in [0, 0.1) is 0 Å². The highest BCUT2D eigenvalue weighted by atomic mass is 16.5. The number of pyridine rings is 2. The van der Waals surface area contributed by atoms with E-state index >= 15 is 0 Å². The summed E-state index contributed by atoms with van der Waals surface area (Å²) in [6.45, 7) is 3.26. The first-order valence-electron chi connectivity index (χ1n) is 5.61. The van der Waals surface area contributed by atoms with E-state index in [1.54, 1.807) is 12.4 Å². The third-order valence-electron chi connectivity index (χ3n) is 2.23. The predicted molar refractivity (Wildman–Crippen MR) is 67.0 cm³/mol.